The molecule has 0 rings (SSSR count). The lowest BCUT2D eigenvalue weighted by atomic mass is 10.4. The molecule has 0 aromatic heterocycles. The normalized spacial score (nSPS) is 10.7. The molecule has 78 valence electrons. The predicted octanol–water partition coefficient (Wildman–Crippen LogP) is 0.503. The first-order chi connectivity index (χ1) is 6.54. The molecule has 0 aliphatic carbocycles. The van der Waals surface area contributed by atoms with Crippen molar-refractivity contribution in [2.45, 2.75) is 32.0 Å². The Labute approximate surface area is 90.6 Å². The molecular formula is C6H14O4Si4. The molecule has 0 bridgehead atoms. The summed E-state index contributed by atoms with van der Waals surface area (Å²) < 4.78 is 36.6. The maximum Gasteiger partial charge on any atom is 0.594 e. The zero-order valence-electron chi connectivity index (χ0n) is 8.46. The second-order valence-electron chi connectivity index (χ2n) is 3.70. The van der Waals surface area contributed by atoms with Gasteiger partial charge < -0.3 is 17.8 Å². The van der Waals surface area contributed by atoms with E-state index in [4.69, 9.17) is 4.43 Å². The van der Waals surface area contributed by atoms with Crippen LogP contribution < -0.4 is 0 Å². The average molecular weight is 263 g/mol. The second-order valence-corrected chi connectivity index (χ2v) is 18.2. The van der Waals surface area contributed by atoms with Crippen LogP contribution in [0.1, 0.15) is 12.8 Å². The number of rotatable bonds is 8. The summed E-state index contributed by atoms with van der Waals surface area (Å²) in [5.41, 5.74) is 0. The molecule has 8 heteroatoms. The van der Waals surface area contributed by atoms with Crippen molar-refractivity contribution < 1.29 is 17.8 Å². The maximum absolute atomic E-state index is 11.4. The molecule has 0 aliphatic heterocycles. The fourth-order valence-corrected chi connectivity index (χ4v) is 8.55. The Morgan fingerprint density at radius 1 is 1.29 bits per heavy atom. The van der Waals surface area contributed by atoms with E-state index < -0.39 is 33.9 Å². The van der Waals surface area contributed by atoms with Gasteiger partial charge in [-0.1, -0.05) is 25.6 Å². The van der Waals surface area contributed by atoms with Crippen LogP contribution in [0, 0.1) is 0 Å². The van der Waals surface area contributed by atoms with Crippen LogP contribution in [-0.4, -0.2) is 40.5 Å². The summed E-state index contributed by atoms with van der Waals surface area (Å²) in [5, 5.41) is 0. The van der Waals surface area contributed by atoms with Gasteiger partial charge in [-0.25, -0.2) is 0 Å². The SMILES string of the molecule is C[Si](C)(CCCCO[Si]=O)[Si](=O)[Si]=O. The highest BCUT2D eigenvalue weighted by Gasteiger charge is 2.31. The van der Waals surface area contributed by atoms with Crippen LogP contribution in [0.3, 0.4) is 0 Å². The van der Waals surface area contributed by atoms with Crippen LogP contribution in [0.15, 0.2) is 0 Å². The molecular weight excluding hydrogens is 248 g/mol. The highest BCUT2D eigenvalue weighted by molar-refractivity contribution is 7.43. The molecule has 0 saturated heterocycles. The van der Waals surface area contributed by atoms with Crippen LogP contribution >= 0.6 is 0 Å². The van der Waals surface area contributed by atoms with E-state index in [1.165, 1.54) is 0 Å². The Morgan fingerprint density at radius 2 is 1.93 bits per heavy atom. The number of hydrogen-bond donors (Lipinski definition) is 0. The van der Waals surface area contributed by atoms with E-state index in [0.717, 1.165) is 18.9 Å². The molecule has 0 heterocycles. The van der Waals surface area contributed by atoms with E-state index in [-0.39, 0.29) is 0 Å². The van der Waals surface area contributed by atoms with Crippen molar-refractivity contribution in [2.24, 2.45) is 0 Å². The number of unbranched alkanes of at least 4 members (excludes halogenated alkanes) is 1. The topological polar surface area (TPSA) is 60.4 Å². The van der Waals surface area contributed by atoms with Gasteiger partial charge in [0.2, 0.25) is 0 Å². The molecule has 0 aromatic rings. The van der Waals surface area contributed by atoms with Gasteiger partial charge in [-0.05, 0) is 6.42 Å². The lowest BCUT2D eigenvalue weighted by molar-refractivity contribution is 0.301. The summed E-state index contributed by atoms with van der Waals surface area (Å²) >= 11 is 0. The minimum Gasteiger partial charge on any atom is -0.520 e. The Bertz CT molecular complexity index is 218. The molecule has 0 N–H and O–H groups in total. The van der Waals surface area contributed by atoms with Crippen LogP contribution in [-0.2, 0) is 17.8 Å². The van der Waals surface area contributed by atoms with Gasteiger partial charge in [0, 0.05) is 0 Å². The van der Waals surface area contributed by atoms with Crippen molar-refractivity contribution >= 4 is 33.9 Å². The molecule has 2 radical (unpaired) electrons. The van der Waals surface area contributed by atoms with Crippen molar-refractivity contribution in [1.29, 1.82) is 0 Å². The third-order valence-corrected chi connectivity index (χ3v) is 17.4. The Hall–Kier alpha value is 0.0675. The third-order valence-electron chi connectivity index (χ3n) is 2.06. The van der Waals surface area contributed by atoms with Crippen molar-refractivity contribution in [3.63, 3.8) is 0 Å². The van der Waals surface area contributed by atoms with Gasteiger partial charge in [-0.2, -0.15) is 0 Å². The summed E-state index contributed by atoms with van der Waals surface area (Å²) in [6.45, 7) is 4.51. The average Bonchev–Trinajstić information content (AvgIpc) is 2.16. The van der Waals surface area contributed by atoms with Gasteiger partial charge in [0.05, 0.1) is 6.61 Å². The Balaban J connectivity index is 3.70. The van der Waals surface area contributed by atoms with Crippen LogP contribution in [0.5, 0.6) is 0 Å². The van der Waals surface area contributed by atoms with Crippen LogP contribution in [0.4, 0.5) is 0 Å². The molecule has 0 atom stereocenters. The zero-order valence-corrected chi connectivity index (χ0v) is 12.5. The van der Waals surface area contributed by atoms with Crippen molar-refractivity contribution in [1.82, 2.24) is 0 Å². The maximum atomic E-state index is 11.4. The fraction of sp³-hybridized carbons (Fsp3) is 1.00. The first kappa shape index (κ1) is 14.1. The largest absolute Gasteiger partial charge is 0.594 e. The van der Waals surface area contributed by atoms with Crippen LogP contribution in [0.25, 0.3) is 0 Å². The van der Waals surface area contributed by atoms with E-state index >= 15 is 0 Å². The minimum absolute atomic E-state index is 0.493. The van der Waals surface area contributed by atoms with Crippen molar-refractivity contribution in [3.8, 4) is 0 Å². The van der Waals surface area contributed by atoms with Gasteiger partial charge in [0.15, 0.2) is 0 Å². The summed E-state index contributed by atoms with van der Waals surface area (Å²) in [4.78, 5) is 0. The fourth-order valence-electron chi connectivity index (χ4n) is 1.03. The smallest absolute Gasteiger partial charge is 0.520 e. The highest BCUT2D eigenvalue weighted by atomic mass is 29.6. The Morgan fingerprint density at radius 3 is 2.43 bits per heavy atom. The van der Waals surface area contributed by atoms with E-state index in [2.05, 4.69) is 0 Å². The van der Waals surface area contributed by atoms with Gasteiger partial charge >= 0.3 is 26.3 Å². The first-order valence-corrected chi connectivity index (χ1v) is 12.8. The molecule has 0 spiro atoms. The quantitative estimate of drug-likeness (QED) is 0.472. The van der Waals surface area contributed by atoms with Gasteiger partial charge in [0.1, 0.15) is 7.59 Å². The lowest BCUT2D eigenvalue weighted by Crippen LogP contribution is -2.41. The summed E-state index contributed by atoms with van der Waals surface area (Å²) in [6.07, 6.45) is 1.76. The molecule has 0 aromatic carbocycles. The summed E-state index contributed by atoms with van der Waals surface area (Å²) in [7, 11) is -4.91. The third kappa shape index (κ3) is 5.73. The minimum atomic E-state index is -1.84. The van der Waals surface area contributed by atoms with Crippen LogP contribution in [0.2, 0.25) is 19.1 Å². The second kappa shape index (κ2) is 7.37. The first-order valence-electron chi connectivity index (χ1n) is 4.46. The van der Waals surface area contributed by atoms with E-state index in [1.54, 1.807) is 0 Å². The Kier molecular flexibility index (Phi) is 7.41. The molecule has 14 heavy (non-hydrogen) atoms. The van der Waals surface area contributed by atoms with E-state index in [1.807, 2.05) is 13.1 Å². The van der Waals surface area contributed by atoms with E-state index in [0.29, 0.717) is 6.61 Å². The molecule has 0 unspecified atom stereocenters. The van der Waals surface area contributed by atoms with Crippen molar-refractivity contribution in [2.75, 3.05) is 6.61 Å². The lowest BCUT2D eigenvalue weighted by Gasteiger charge is -2.15. The molecule has 4 nitrogen and oxygen atoms in total. The molecule has 0 fully saturated rings. The predicted molar refractivity (Wildman–Crippen MR) is 56.8 cm³/mol. The standard InChI is InChI=1S/C6H14O4Si4/c1-14(2,13(9)12-8)6-4-3-5-10-11-7/h3-6H2,1-2H3. The molecule has 0 aliphatic rings. The van der Waals surface area contributed by atoms with Gasteiger partial charge in [-0.15, -0.1) is 0 Å². The van der Waals surface area contributed by atoms with E-state index in [9.17, 15) is 13.4 Å². The monoisotopic (exact) mass is 262 g/mol. The summed E-state index contributed by atoms with van der Waals surface area (Å²) in [5.74, 6) is 0. The van der Waals surface area contributed by atoms with Gasteiger partial charge in [-0.3, -0.25) is 0 Å². The highest BCUT2D eigenvalue weighted by Crippen LogP contribution is 2.12. The zero-order chi connectivity index (χ0) is 11.0. The number of hydrogen-bond acceptors (Lipinski definition) is 4. The summed E-state index contributed by atoms with van der Waals surface area (Å²) in [6, 6.07) is 0.908. The van der Waals surface area contributed by atoms with Crippen molar-refractivity contribution in [3.05, 3.63) is 0 Å². The molecule has 0 saturated carbocycles. The molecule has 0 amide bonds. The van der Waals surface area contributed by atoms with Gasteiger partial charge in [0.25, 0.3) is 0 Å².